The van der Waals surface area contributed by atoms with Gasteiger partial charge >= 0.3 is 5.92 Å². The first-order valence-electron chi connectivity index (χ1n) is 9.26. The van der Waals surface area contributed by atoms with Crippen LogP contribution in [0.1, 0.15) is 19.7 Å². The molecule has 1 amide bonds. The molecule has 0 saturated heterocycles. The highest BCUT2D eigenvalue weighted by Gasteiger charge is 2.30. The number of aromatic nitrogens is 5. The number of carbonyl (C=O) groups excluding carboxylic acids is 1. The van der Waals surface area contributed by atoms with E-state index in [2.05, 4.69) is 25.3 Å². The molecule has 10 heteroatoms. The lowest BCUT2D eigenvalue weighted by Gasteiger charge is -2.14. The van der Waals surface area contributed by atoms with Gasteiger partial charge in [0.2, 0.25) is 11.7 Å². The van der Waals surface area contributed by atoms with Crippen LogP contribution < -0.4 is 10.1 Å². The number of carbonyl (C=O) groups is 1. The molecule has 1 N–H and O–H groups in total. The molecule has 0 aliphatic rings. The molecular weight excluding hydrogens is 406 g/mol. The Morgan fingerprint density at radius 1 is 1.16 bits per heavy atom. The van der Waals surface area contributed by atoms with Crippen LogP contribution >= 0.6 is 0 Å². The summed E-state index contributed by atoms with van der Waals surface area (Å²) in [5.41, 5.74) is 1.41. The molecule has 0 aromatic carbocycles. The number of anilines is 1. The zero-order valence-corrected chi connectivity index (χ0v) is 16.9. The van der Waals surface area contributed by atoms with E-state index in [9.17, 15) is 13.6 Å². The summed E-state index contributed by atoms with van der Waals surface area (Å²) in [6.45, 7) is 2.12. The van der Waals surface area contributed by atoms with Gasteiger partial charge in [0, 0.05) is 55.5 Å². The molecule has 0 atom stereocenters. The Labute approximate surface area is 176 Å². The molecule has 0 unspecified atom stereocenters. The van der Waals surface area contributed by atoms with Crippen LogP contribution in [0.2, 0.25) is 0 Å². The Balaban J connectivity index is 1.91. The summed E-state index contributed by atoms with van der Waals surface area (Å²) in [6.07, 6.45) is 6.30. The highest BCUT2D eigenvalue weighted by molar-refractivity contribution is 5.91. The quantitative estimate of drug-likeness (QED) is 0.521. The van der Waals surface area contributed by atoms with Crippen molar-refractivity contribution in [2.45, 2.75) is 19.8 Å². The summed E-state index contributed by atoms with van der Waals surface area (Å²) in [5, 5.41) is 3.36. The molecule has 0 aliphatic heterocycles. The number of halogens is 2. The largest absolute Gasteiger partial charge is 0.495 e. The van der Waals surface area contributed by atoms with Crippen LogP contribution in [-0.2, 0) is 10.7 Å². The first-order valence-corrected chi connectivity index (χ1v) is 9.26. The number of alkyl halides is 2. The van der Waals surface area contributed by atoms with Gasteiger partial charge < -0.3 is 14.6 Å². The highest BCUT2D eigenvalue weighted by atomic mass is 19.3. The Bertz CT molecular complexity index is 1280. The molecule has 31 heavy (non-hydrogen) atoms. The van der Waals surface area contributed by atoms with Gasteiger partial charge in [0.15, 0.2) is 0 Å². The van der Waals surface area contributed by atoms with Crippen LogP contribution in [0.5, 0.6) is 5.75 Å². The van der Waals surface area contributed by atoms with E-state index in [4.69, 9.17) is 4.74 Å². The number of hydrogen-bond acceptors (Lipinski definition) is 6. The highest BCUT2D eigenvalue weighted by Crippen LogP contribution is 2.30. The van der Waals surface area contributed by atoms with Crippen molar-refractivity contribution in [1.82, 2.24) is 24.5 Å². The average molecular weight is 424 g/mol. The number of hydrogen-bond donors (Lipinski definition) is 1. The standard InChI is InChI=1S/C21H18F2N6O2/c1-12(30)26-18-8-17-13(10-25-18)4-5-29(17)19-7-16(27-20(28-19)21(2,22)23)14-6-15(31-3)11-24-9-14/h4-11H,1-3H3,(H,25,26,30). The maximum Gasteiger partial charge on any atom is 0.303 e. The summed E-state index contributed by atoms with van der Waals surface area (Å²) in [6, 6.07) is 6.67. The van der Waals surface area contributed by atoms with Crippen molar-refractivity contribution in [2.24, 2.45) is 0 Å². The Morgan fingerprint density at radius 3 is 2.68 bits per heavy atom. The van der Waals surface area contributed by atoms with E-state index in [0.29, 0.717) is 22.6 Å². The third kappa shape index (κ3) is 4.18. The lowest BCUT2D eigenvalue weighted by atomic mass is 10.2. The van der Waals surface area contributed by atoms with Gasteiger partial charge in [-0.1, -0.05) is 0 Å². The van der Waals surface area contributed by atoms with Crippen molar-refractivity contribution in [2.75, 3.05) is 12.4 Å². The van der Waals surface area contributed by atoms with Crippen LogP contribution in [0.15, 0.2) is 49.1 Å². The zero-order valence-electron chi connectivity index (χ0n) is 16.9. The molecule has 0 radical (unpaired) electrons. The molecule has 158 valence electrons. The molecular formula is C21H18F2N6O2. The van der Waals surface area contributed by atoms with Crippen molar-refractivity contribution in [1.29, 1.82) is 0 Å². The third-order valence-corrected chi connectivity index (χ3v) is 4.48. The second-order valence-corrected chi connectivity index (χ2v) is 6.93. The molecule has 0 fully saturated rings. The average Bonchev–Trinajstić information content (AvgIpc) is 3.15. The number of nitrogens with one attached hydrogen (secondary N) is 1. The van der Waals surface area contributed by atoms with Gasteiger partial charge in [0.25, 0.3) is 0 Å². The lowest BCUT2D eigenvalue weighted by molar-refractivity contribution is -0.114. The Morgan fingerprint density at radius 2 is 1.97 bits per heavy atom. The monoisotopic (exact) mass is 424 g/mol. The number of pyridine rings is 2. The van der Waals surface area contributed by atoms with Gasteiger partial charge in [-0.2, -0.15) is 8.78 Å². The minimum absolute atomic E-state index is 0.235. The maximum absolute atomic E-state index is 14.2. The van der Waals surface area contributed by atoms with Gasteiger partial charge in [-0.05, 0) is 12.1 Å². The van der Waals surface area contributed by atoms with Crippen molar-refractivity contribution in [3.8, 4) is 22.8 Å². The molecule has 4 aromatic heterocycles. The molecule has 0 spiro atoms. The van der Waals surface area contributed by atoms with E-state index in [1.54, 1.807) is 41.2 Å². The van der Waals surface area contributed by atoms with Gasteiger partial charge in [0.05, 0.1) is 24.5 Å². The number of fused-ring (bicyclic) bond motifs is 1. The van der Waals surface area contributed by atoms with Crippen molar-refractivity contribution >= 4 is 22.6 Å². The SMILES string of the molecule is COc1cncc(-c2cc(-n3ccc4cnc(NC(C)=O)cc43)nc(C(C)(F)F)n2)c1. The first-order chi connectivity index (χ1) is 14.7. The fraction of sp³-hybridized carbons (Fsp3) is 0.190. The number of methoxy groups -OCH3 is 1. The number of nitrogens with zero attached hydrogens (tertiary/aromatic N) is 5. The molecule has 8 nitrogen and oxygen atoms in total. The number of rotatable bonds is 5. The Hall–Kier alpha value is -3.95. The lowest BCUT2D eigenvalue weighted by Crippen LogP contribution is -2.15. The van der Waals surface area contributed by atoms with Gasteiger partial charge in [-0.3, -0.25) is 9.78 Å². The summed E-state index contributed by atoms with van der Waals surface area (Å²) in [5.74, 6) is -3.11. The maximum atomic E-state index is 14.2. The van der Waals surface area contributed by atoms with Crippen molar-refractivity contribution < 1.29 is 18.3 Å². The van der Waals surface area contributed by atoms with Gasteiger partial charge in [0.1, 0.15) is 17.4 Å². The Kier molecular flexibility index (Phi) is 5.05. The van der Waals surface area contributed by atoms with E-state index >= 15 is 0 Å². The number of amides is 1. The van der Waals surface area contributed by atoms with E-state index in [1.807, 2.05) is 0 Å². The van der Waals surface area contributed by atoms with Crippen LogP contribution in [0, 0.1) is 0 Å². The summed E-state index contributed by atoms with van der Waals surface area (Å²) in [7, 11) is 1.49. The van der Waals surface area contributed by atoms with Crippen LogP contribution in [-0.4, -0.2) is 37.5 Å². The topological polar surface area (TPSA) is 94.8 Å². The van der Waals surface area contributed by atoms with E-state index in [0.717, 1.165) is 12.3 Å². The van der Waals surface area contributed by atoms with E-state index < -0.39 is 11.7 Å². The molecule has 4 aromatic rings. The summed E-state index contributed by atoms with van der Waals surface area (Å²) < 4.78 is 35.2. The van der Waals surface area contributed by atoms with Crippen molar-refractivity contribution in [3.05, 3.63) is 54.9 Å². The summed E-state index contributed by atoms with van der Waals surface area (Å²) in [4.78, 5) is 27.8. The minimum atomic E-state index is -3.26. The second-order valence-electron chi connectivity index (χ2n) is 6.93. The molecule has 4 rings (SSSR count). The smallest absolute Gasteiger partial charge is 0.303 e. The molecule has 4 heterocycles. The van der Waals surface area contributed by atoms with Crippen LogP contribution in [0.4, 0.5) is 14.6 Å². The third-order valence-electron chi connectivity index (χ3n) is 4.48. The second kappa shape index (κ2) is 7.71. The van der Waals surface area contributed by atoms with Gasteiger partial charge in [-0.15, -0.1) is 0 Å². The predicted octanol–water partition coefficient (Wildman–Crippen LogP) is 3.96. The zero-order chi connectivity index (χ0) is 22.2. The minimum Gasteiger partial charge on any atom is -0.495 e. The summed E-state index contributed by atoms with van der Waals surface area (Å²) >= 11 is 0. The predicted molar refractivity (Wildman–Crippen MR) is 110 cm³/mol. The van der Waals surface area contributed by atoms with E-state index in [-0.39, 0.29) is 17.4 Å². The van der Waals surface area contributed by atoms with Crippen LogP contribution in [0.25, 0.3) is 28.0 Å². The van der Waals surface area contributed by atoms with E-state index in [1.165, 1.54) is 26.4 Å². The number of ether oxygens (including phenoxy) is 1. The van der Waals surface area contributed by atoms with Crippen molar-refractivity contribution in [3.63, 3.8) is 0 Å². The fourth-order valence-electron chi connectivity index (χ4n) is 3.05. The normalized spacial score (nSPS) is 11.5. The first kappa shape index (κ1) is 20.3. The van der Waals surface area contributed by atoms with Gasteiger partial charge in [-0.25, -0.2) is 15.0 Å². The van der Waals surface area contributed by atoms with Crippen LogP contribution in [0.3, 0.4) is 0 Å². The fourth-order valence-corrected chi connectivity index (χ4v) is 3.05. The molecule has 0 bridgehead atoms. The molecule has 0 aliphatic carbocycles. The molecule has 0 saturated carbocycles.